The Hall–Kier alpha value is -5.30. The molecule has 21 nitrogen and oxygen atoms in total. The number of ketones is 2. The number of carbonyl (C=O) groups excluding carboxylic acids is 3. The molecule has 1 unspecified atom stereocenters. The minimum absolute atomic E-state index is 0.00533. The highest BCUT2D eigenvalue weighted by molar-refractivity contribution is 6.31. The van der Waals surface area contributed by atoms with E-state index in [2.05, 4.69) is 5.32 Å². The summed E-state index contributed by atoms with van der Waals surface area (Å²) in [6.45, 7) is 1.33. The van der Waals surface area contributed by atoms with Crippen LogP contribution in [0.4, 0.5) is 0 Å². The topological polar surface area (TPSA) is 355 Å². The SMILES string of the molecule is COc1cc(O)c2c(c1)C(=O)c1c(cc3c(c1O)-c1c(cc(C)c(C(=O)NC(CO)C(=O)O)c1O)[C@H](O[C@@H]1O[C@H](C)[C@H](N)[C@H](O[C@@H]4OC[C@@H](O)[C@H](O)[C@H]4O)[C@H]1O)[C@H]3O)C2=O. The van der Waals surface area contributed by atoms with E-state index in [0.29, 0.717) is 0 Å². The average Bonchev–Trinajstić information content (AvgIpc) is 3.20. The molecule has 1 amide bonds. The number of methoxy groups -OCH3 is 1. The molecular formula is C39H42N2O19. The van der Waals surface area contributed by atoms with Crippen LogP contribution in [0.5, 0.6) is 23.0 Å². The van der Waals surface area contributed by atoms with Crippen molar-refractivity contribution in [1.29, 1.82) is 0 Å². The highest BCUT2D eigenvalue weighted by Gasteiger charge is 2.51. The molecule has 12 atom stereocenters. The first-order valence-electron chi connectivity index (χ1n) is 18.5. The molecule has 2 aliphatic carbocycles. The highest BCUT2D eigenvalue weighted by atomic mass is 16.7. The normalized spacial score (nSPS) is 30.1. The quantitative estimate of drug-likeness (QED) is 0.0875. The molecule has 0 radical (unpaired) electrons. The number of aliphatic carboxylic acids is 1. The van der Waals surface area contributed by atoms with Gasteiger partial charge in [0.25, 0.3) is 5.91 Å². The predicted octanol–water partition coefficient (Wildman–Crippen LogP) is -1.90. The summed E-state index contributed by atoms with van der Waals surface area (Å²) in [5, 5.41) is 110. The first-order chi connectivity index (χ1) is 28.3. The van der Waals surface area contributed by atoms with Crippen LogP contribution in [0.25, 0.3) is 11.1 Å². The molecule has 13 N–H and O–H groups in total. The molecular weight excluding hydrogens is 800 g/mol. The maximum atomic E-state index is 14.1. The highest BCUT2D eigenvalue weighted by Crippen LogP contribution is 2.57. The van der Waals surface area contributed by atoms with Crippen LogP contribution in [-0.2, 0) is 23.7 Å². The number of aromatic hydroxyl groups is 3. The number of phenols is 3. The van der Waals surface area contributed by atoms with Crippen LogP contribution in [0.1, 0.15) is 78.0 Å². The van der Waals surface area contributed by atoms with Gasteiger partial charge in [0.05, 0.1) is 49.2 Å². The molecule has 2 heterocycles. The Morgan fingerprint density at radius 2 is 1.52 bits per heavy atom. The summed E-state index contributed by atoms with van der Waals surface area (Å²) in [4.78, 5) is 53.3. The molecule has 0 spiro atoms. The van der Waals surface area contributed by atoms with Crippen LogP contribution >= 0.6 is 0 Å². The number of carbonyl (C=O) groups is 4. The molecule has 3 aromatic carbocycles. The molecule has 2 aliphatic heterocycles. The Kier molecular flexibility index (Phi) is 11.4. The number of carboxylic acid groups (broad SMARTS) is 1. The zero-order valence-corrected chi connectivity index (χ0v) is 31.9. The number of ether oxygens (including phenoxy) is 5. The van der Waals surface area contributed by atoms with Gasteiger partial charge in [0.2, 0.25) is 0 Å². The van der Waals surface area contributed by atoms with E-state index in [0.717, 1.165) is 12.1 Å². The number of amides is 1. The van der Waals surface area contributed by atoms with Gasteiger partial charge in [-0.05, 0) is 42.7 Å². The van der Waals surface area contributed by atoms with Crippen molar-refractivity contribution in [3.05, 3.63) is 68.8 Å². The van der Waals surface area contributed by atoms with E-state index in [-0.39, 0.29) is 28.0 Å². The second-order valence-corrected chi connectivity index (χ2v) is 14.9. The largest absolute Gasteiger partial charge is 0.507 e. The number of aliphatic hydroxyl groups excluding tert-OH is 6. The molecule has 322 valence electrons. The lowest BCUT2D eigenvalue weighted by atomic mass is 9.74. The van der Waals surface area contributed by atoms with Crippen molar-refractivity contribution < 1.29 is 93.9 Å². The van der Waals surface area contributed by atoms with Crippen molar-refractivity contribution in [3.63, 3.8) is 0 Å². The molecule has 3 aromatic rings. The third kappa shape index (κ3) is 6.82. The smallest absolute Gasteiger partial charge is 0.328 e. The van der Waals surface area contributed by atoms with E-state index in [1.54, 1.807) is 0 Å². The van der Waals surface area contributed by atoms with Gasteiger partial charge in [-0.1, -0.05) is 6.07 Å². The molecule has 60 heavy (non-hydrogen) atoms. The molecule has 0 saturated carbocycles. The van der Waals surface area contributed by atoms with Gasteiger partial charge in [-0.3, -0.25) is 14.4 Å². The van der Waals surface area contributed by atoms with Crippen molar-refractivity contribution in [2.24, 2.45) is 5.73 Å². The van der Waals surface area contributed by atoms with E-state index in [4.69, 9.17) is 29.4 Å². The van der Waals surface area contributed by atoms with Gasteiger partial charge < -0.3 is 85.8 Å². The Balaban J connectivity index is 1.37. The van der Waals surface area contributed by atoms with Crippen molar-refractivity contribution in [2.45, 2.75) is 87.3 Å². The average molecular weight is 843 g/mol. The Morgan fingerprint density at radius 1 is 0.867 bits per heavy atom. The number of benzene rings is 3. The number of fused-ring (bicyclic) bond motifs is 5. The van der Waals surface area contributed by atoms with Crippen molar-refractivity contribution in [3.8, 4) is 34.1 Å². The van der Waals surface area contributed by atoms with Crippen LogP contribution in [0.15, 0.2) is 24.3 Å². The van der Waals surface area contributed by atoms with Gasteiger partial charge >= 0.3 is 5.97 Å². The fourth-order valence-electron chi connectivity index (χ4n) is 8.01. The summed E-state index contributed by atoms with van der Waals surface area (Å²) in [7, 11) is 1.25. The minimum Gasteiger partial charge on any atom is -0.507 e. The van der Waals surface area contributed by atoms with E-state index in [1.165, 1.54) is 33.1 Å². The minimum atomic E-state index is -1.94. The second-order valence-electron chi connectivity index (χ2n) is 14.9. The van der Waals surface area contributed by atoms with Gasteiger partial charge in [-0.2, -0.15) is 0 Å². The first-order valence-corrected chi connectivity index (χ1v) is 18.5. The Labute approximate surface area is 338 Å². The summed E-state index contributed by atoms with van der Waals surface area (Å²) in [6.07, 6.45) is -16.2. The summed E-state index contributed by atoms with van der Waals surface area (Å²) < 4.78 is 28.4. The number of hydrogen-bond acceptors (Lipinski definition) is 19. The van der Waals surface area contributed by atoms with Crippen molar-refractivity contribution >= 4 is 23.4 Å². The summed E-state index contributed by atoms with van der Waals surface area (Å²) in [5.41, 5.74) is 2.38. The standard InChI is InChI=1S/C39H42N2O19/c1-10-4-16-23(30(49)20(10)36(53)41-17(8-42)37(54)55)22-14(7-15-24(31(22)50)27(46)13-5-12(56-3)6-18(43)21(13)26(15)45)28(47)34(16)59-39-33(52)35(25(40)11(2)58-39)60-38-32(51)29(48)19(44)9-57-38/h4-7,11,17,19,25,28-29,32-35,38-39,42-44,47-52H,8-9,40H2,1-3H3,(H,41,53)(H,54,55)/t11-,17?,19-,25+,28+,29+,32-,33-,34+,35+,38+,39+/m1/s1. The maximum absolute atomic E-state index is 14.1. The lowest BCUT2D eigenvalue weighted by Crippen LogP contribution is -2.64. The third-order valence-corrected chi connectivity index (χ3v) is 11.2. The van der Waals surface area contributed by atoms with Crippen LogP contribution < -0.4 is 15.8 Å². The van der Waals surface area contributed by atoms with Crippen molar-refractivity contribution in [2.75, 3.05) is 20.3 Å². The number of aryl methyl sites for hydroxylation is 1. The van der Waals surface area contributed by atoms with E-state index >= 15 is 0 Å². The van der Waals surface area contributed by atoms with Gasteiger partial charge in [0.1, 0.15) is 65.7 Å². The fourth-order valence-corrected chi connectivity index (χ4v) is 8.01. The Bertz CT molecular complexity index is 2280. The van der Waals surface area contributed by atoms with Gasteiger partial charge in [0, 0.05) is 28.3 Å². The van der Waals surface area contributed by atoms with Crippen LogP contribution in [0.2, 0.25) is 0 Å². The molecule has 0 aromatic heterocycles. The molecule has 2 saturated heterocycles. The number of phenolic OH excluding ortho intramolecular Hbond substituents is 3. The molecule has 0 bridgehead atoms. The summed E-state index contributed by atoms with van der Waals surface area (Å²) in [6, 6.07) is 1.56. The summed E-state index contributed by atoms with van der Waals surface area (Å²) >= 11 is 0. The van der Waals surface area contributed by atoms with E-state index in [9.17, 15) is 70.2 Å². The van der Waals surface area contributed by atoms with Gasteiger partial charge in [-0.25, -0.2) is 4.79 Å². The van der Waals surface area contributed by atoms with Crippen LogP contribution in [0.3, 0.4) is 0 Å². The first kappa shape index (κ1) is 42.8. The lowest BCUT2D eigenvalue weighted by Gasteiger charge is -2.46. The predicted molar refractivity (Wildman–Crippen MR) is 197 cm³/mol. The fraction of sp³-hybridized carbons (Fsp3) is 0.436. The second kappa shape index (κ2) is 15.9. The molecule has 2 fully saturated rings. The Morgan fingerprint density at radius 3 is 2.17 bits per heavy atom. The number of hydrogen-bond donors (Lipinski definition) is 12. The zero-order valence-electron chi connectivity index (χ0n) is 31.9. The van der Waals surface area contributed by atoms with Crippen LogP contribution in [0, 0.1) is 6.92 Å². The van der Waals surface area contributed by atoms with E-state index < -0.39 is 161 Å². The van der Waals surface area contributed by atoms with E-state index in [1.807, 2.05) is 0 Å². The number of aliphatic hydroxyl groups is 6. The zero-order chi connectivity index (χ0) is 43.8. The molecule has 7 rings (SSSR count). The van der Waals surface area contributed by atoms with Gasteiger partial charge in [-0.15, -0.1) is 0 Å². The lowest BCUT2D eigenvalue weighted by molar-refractivity contribution is -0.337. The monoisotopic (exact) mass is 842 g/mol. The van der Waals surface area contributed by atoms with Gasteiger partial charge in [0.15, 0.2) is 30.2 Å². The third-order valence-electron chi connectivity index (χ3n) is 11.2. The summed E-state index contributed by atoms with van der Waals surface area (Å²) in [5.74, 6) is -7.24. The maximum Gasteiger partial charge on any atom is 0.328 e. The van der Waals surface area contributed by atoms with Crippen LogP contribution in [-0.4, -0.2) is 156 Å². The molecule has 4 aliphatic rings. The van der Waals surface area contributed by atoms with Crippen molar-refractivity contribution in [1.82, 2.24) is 5.32 Å². The number of nitrogens with two attached hydrogens (primary N) is 1. The number of carboxylic acids is 1. The molecule has 21 heteroatoms. The number of rotatable bonds is 9. The number of nitrogens with one attached hydrogen (secondary N) is 1.